The molecule has 0 radical (unpaired) electrons. The topological polar surface area (TPSA) is 29.1 Å². The SMILES string of the molecule is CCCCCC(=O)Nc1ccccc1.[H-].[K+]. The average molecular weight is 231 g/mol. The van der Waals surface area contributed by atoms with Crippen molar-refractivity contribution in [3.05, 3.63) is 30.3 Å². The van der Waals surface area contributed by atoms with E-state index < -0.39 is 0 Å². The largest absolute Gasteiger partial charge is 1.00 e. The van der Waals surface area contributed by atoms with E-state index in [4.69, 9.17) is 0 Å². The summed E-state index contributed by atoms with van der Waals surface area (Å²) in [6, 6.07) is 9.57. The maximum Gasteiger partial charge on any atom is 1.00 e. The monoisotopic (exact) mass is 231 g/mol. The number of amides is 1. The molecule has 15 heavy (non-hydrogen) atoms. The van der Waals surface area contributed by atoms with Gasteiger partial charge in [-0.25, -0.2) is 0 Å². The first kappa shape index (κ1) is 15.3. The molecule has 0 aliphatic rings. The van der Waals surface area contributed by atoms with E-state index in [1.807, 2.05) is 30.3 Å². The number of hydrogen-bond donors (Lipinski definition) is 1. The number of carbonyl (C=O) groups excluding carboxylic acids is 1. The fraction of sp³-hybridized carbons (Fsp3) is 0.417. The number of anilines is 1. The Labute approximate surface area is 136 Å². The summed E-state index contributed by atoms with van der Waals surface area (Å²) < 4.78 is 0. The molecule has 0 spiro atoms. The first-order chi connectivity index (χ1) is 6.83. The van der Waals surface area contributed by atoms with Crippen molar-refractivity contribution in [2.75, 3.05) is 5.32 Å². The molecule has 0 atom stereocenters. The van der Waals surface area contributed by atoms with Crippen molar-refractivity contribution in [1.82, 2.24) is 0 Å². The predicted octanol–water partition coefficient (Wildman–Crippen LogP) is 0.322. The molecule has 0 unspecified atom stereocenters. The summed E-state index contributed by atoms with van der Waals surface area (Å²) in [5, 5.41) is 2.86. The van der Waals surface area contributed by atoms with Crippen LogP contribution in [0.25, 0.3) is 0 Å². The summed E-state index contributed by atoms with van der Waals surface area (Å²) >= 11 is 0. The van der Waals surface area contributed by atoms with Gasteiger partial charge in [0.15, 0.2) is 0 Å². The number of para-hydroxylation sites is 1. The standard InChI is InChI=1S/C12H17NO.K.H/c1-2-3-5-10-12(14)13-11-8-6-4-7-9-11;;/h4,6-9H,2-3,5,10H2,1H3,(H,13,14);;/q;+1;-1. The van der Waals surface area contributed by atoms with E-state index in [1.165, 1.54) is 0 Å². The third-order valence-electron chi connectivity index (χ3n) is 2.06. The first-order valence-electron chi connectivity index (χ1n) is 5.18. The van der Waals surface area contributed by atoms with Gasteiger partial charge in [0.05, 0.1) is 0 Å². The average Bonchev–Trinajstić information content (AvgIpc) is 2.20. The predicted molar refractivity (Wildman–Crippen MR) is 60.3 cm³/mol. The van der Waals surface area contributed by atoms with Crippen LogP contribution in [0.5, 0.6) is 0 Å². The Morgan fingerprint density at radius 1 is 1.27 bits per heavy atom. The molecule has 0 aromatic heterocycles. The molecule has 1 aromatic carbocycles. The summed E-state index contributed by atoms with van der Waals surface area (Å²) in [7, 11) is 0. The minimum atomic E-state index is 0. The molecule has 1 amide bonds. The van der Waals surface area contributed by atoms with Crippen molar-refractivity contribution in [3.63, 3.8) is 0 Å². The molecular weight excluding hydrogens is 213 g/mol. The molecule has 78 valence electrons. The Hall–Kier alpha value is 0.326. The Morgan fingerprint density at radius 3 is 2.53 bits per heavy atom. The van der Waals surface area contributed by atoms with Crippen LogP contribution in [0, 0.1) is 0 Å². The van der Waals surface area contributed by atoms with Crippen LogP contribution in [0.2, 0.25) is 0 Å². The number of hydrogen-bond acceptors (Lipinski definition) is 1. The van der Waals surface area contributed by atoms with Crippen molar-refractivity contribution in [2.24, 2.45) is 0 Å². The molecule has 1 rings (SSSR count). The third-order valence-corrected chi connectivity index (χ3v) is 2.06. The minimum absolute atomic E-state index is 0. The Kier molecular flexibility index (Phi) is 9.75. The van der Waals surface area contributed by atoms with Crippen molar-refractivity contribution < 1.29 is 57.6 Å². The van der Waals surface area contributed by atoms with E-state index >= 15 is 0 Å². The van der Waals surface area contributed by atoms with Crippen LogP contribution in [-0.2, 0) is 4.79 Å². The summed E-state index contributed by atoms with van der Waals surface area (Å²) in [6.07, 6.45) is 3.89. The normalized spacial score (nSPS) is 9.13. The van der Waals surface area contributed by atoms with Crippen LogP contribution >= 0.6 is 0 Å². The van der Waals surface area contributed by atoms with Gasteiger partial charge in [-0.3, -0.25) is 4.79 Å². The molecule has 0 saturated heterocycles. The Morgan fingerprint density at radius 2 is 1.93 bits per heavy atom. The molecule has 0 saturated carbocycles. The summed E-state index contributed by atoms with van der Waals surface area (Å²) in [5.41, 5.74) is 0.883. The Balaban J connectivity index is 0. The van der Waals surface area contributed by atoms with Crippen LogP contribution < -0.4 is 56.7 Å². The van der Waals surface area contributed by atoms with Gasteiger partial charge in [0, 0.05) is 12.1 Å². The van der Waals surface area contributed by atoms with Crippen LogP contribution in [0.15, 0.2) is 30.3 Å². The second-order valence-electron chi connectivity index (χ2n) is 3.37. The second kappa shape index (κ2) is 9.55. The molecule has 0 aliphatic carbocycles. The number of carbonyl (C=O) groups is 1. The number of benzene rings is 1. The molecule has 0 bridgehead atoms. The zero-order chi connectivity index (χ0) is 10.2. The molecule has 3 heteroatoms. The summed E-state index contributed by atoms with van der Waals surface area (Å²) in [6.45, 7) is 2.13. The first-order valence-corrected chi connectivity index (χ1v) is 5.18. The quantitative estimate of drug-likeness (QED) is 0.574. The van der Waals surface area contributed by atoms with Crippen LogP contribution in [0.3, 0.4) is 0 Å². The molecule has 0 heterocycles. The van der Waals surface area contributed by atoms with Crippen molar-refractivity contribution in [2.45, 2.75) is 32.6 Å². The fourth-order valence-corrected chi connectivity index (χ4v) is 1.28. The second-order valence-corrected chi connectivity index (χ2v) is 3.37. The smallest absolute Gasteiger partial charge is 1.00 e. The van der Waals surface area contributed by atoms with E-state index in [0.29, 0.717) is 6.42 Å². The third kappa shape index (κ3) is 7.25. The summed E-state index contributed by atoms with van der Waals surface area (Å²) in [5.74, 6) is 0.115. The van der Waals surface area contributed by atoms with E-state index in [0.717, 1.165) is 24.9 Å². The molecule has 0 aliphatic heterocycles. The zero-order valence-electron chi connectivity index (χ0n) is 10.6. The van der Waals surface area contributed by atoms with Crippen molar-refractivity contribution in [3.8, 4) is 0 Å². The summed E-state index contributed by atoms with van der Waals surface area (Å²) in [4.78, 5) is 11.4. The van der Waals surface area contributed by atoms with Gasteiger partial charge in [-0.05, 0) is 18.6 Å². The van der Waals surface area contributed by atoms with Crippen molar-refractivity contribution in [1.29, 1.82) is 0 Å². The van der Waals surface area contributed by atoms with Crippen LogP contribution in [0.1, 0.15) is 34.0 Å². The van der Waals surface area contributed by atoms with E-state index in [-0.39, 0.29) is 58.7 Å². The molecule has 1 N–H and O–H groups in total. The maximum atomic E-state index is 11.4. The molecule has 1 aromatic rings. The van der Waals surface area contributed by atoms with Gasteiger partial charge in [0.1, 0.15) is 0 Å². The fourth-order valence-electron chi connectivity index (χ4n) is 1.28. The zero-order valence-corrected chi connectivity index (χ0v) is 12.7. The van der Waals surface area contributed by atoms with Crippen LogP contribution in [0.4, 0.5) is 5.69 Å². The van der Waals surface area contributed by atoms with Gasteiger partial charge in [0.2, 0.25) is 5.91 Å². The molecular formula is C12H18KNO. The van der Waals surface area contributed by atoms with Crippen LogP contribution in [-0.4, -0.2) is 5.91 Å². The van der Waals surface area contributed by atoms with Gasteiger partial charge in [0.25, 0.3) is 0 Å². The van der Waals surface area contributed by atoms with Gasteiger partial charge in [-0.15, -0.1) is 0 Å². The molecule has 0 fully saturated rings. The van der Waals surface area contributed by atoms with Crippen molar-refractivity contribution >= 4 is 11.6 Å². The Bertz CT molecular complexity index is 280. The number of nitrogens with one attached hydrogen (secondary N) is 1. The van der Waals surface area contributed by atoms with Gasteiger partial charge in [-0.1, -0.05) is 38.0 Å². The number of unbranched alkanes of at least 4 members (excludes halogenated alkanes) is 2. The van der Waals surface area contributed by atoms with Gasteiger partial charge < -0.3 is 6.74 Å². The van der Waals surface area contributed by atoms with Gasteiger partial charge in [-0.2, -0.15) is 0 Å². The minimum Gasteiger partial charge on any atom is -1.00 e. The van der Waals surface area contributed by atoms with E-state index in [2.05, 4.69) is 12.2 Å². The molecule has 2 nitrogen and oxygen atoms in total. The van der Waals surface area contributed by atoms with E-state index in [1.54, 1.807) is 0 Å². The number of rotatable bonds is 5. The van der Waals surface area contributed by atoms with Gasteiger partial charge >= 0.3 is 51.4 Å². The maximum absolute atomic E-state index is 11.4. The van der Waals surface area contributed by atoms with E-state index in [9.17, 15) is 4.79 Å².